The summed E-state index contributed by atoms with van der Waals surface area (Å²) in [6, 6.07) is 9.30. The molecule has 0 atom stereocenters. The molecule has 9 heteroatoms. The number of pyridine rings is 1. The number of hydrogen-bond donors (Lipinski definition) is 2. The quantitative estimate of drug-likeness (QED) is 0.541. The van der Waals surface area contributed by atoms with Crippen molar-refractivity contribution in [1.82, 2.24) is 29.9 Å². The molecule has 134 valence electrons. The predicted molar refractivity (Wildman–Crippen MR) is 105 cm³/mol. The third-order valence-electron chi connectivity index (χ3n) is 3.52. The Kier molecular flexibility index (Phi) is 4.67. The van der Waals surface area contributed by atoms with Crippen LogP contribution in [0.5, 0.6) is 0 Å². The van der Waals surface area contributed by atoms with Crippen molar-refractivity contribution in [2.45, 2.75) is 13.8 Å². The van der Waals surface area contributed by atoms with Gasteiger partial charge in [0.15, 0.2) is 11.0 Å². The Hall–Kier alpha value is -3.46. The molecule has 4 aromatic heterocycles. The highest BCUT2D eigenvalue weighted by Crippen LogP contribution is 2.20. The molecule has 2 N–H and O–H groups in total. The lowest BCUT2D eigenvalue weighted by Gasteiger charge is -2.07. The predicted octanol–water partition coefficient (Wildman–Crippen LogP) is 3.89. The van der Waals surface area contributed by atoms with Gasteiger partial charge in [-0.15, -0.1) is 11.3 Å². The number of anilines is 4. The van der Waals surface area contributed by atoms with Crippen LogP contribution in [-0.4, -0.2) is 29.9 Å². The second-order valence-corrected chi connectivity index (χ2v) is 6.60. The Morgan fingerprint density at radius 2 is 1.59 bits per heavy atom. The van der Waals surface area contributed by atoms with Crippen LogP contribution >= 0.6 is 11.3 Å². The van der Waals surface area contributed by atoms with E-state index in [1.54, 1.807) is 24.5 Å². The molecule has 0 saturated carbocycles. The fourth-order valence-corrected chi connectivity index (χ4v) is 3.03. The summed E-state index contributed by atoms with van der Waals surface area (Å²) < 4.78 is 0. The van der Waals surface area contributed by atoms with Crippen LogP contribution in [0.15, 0.2) is 48.1 Å². The Labute approximate surface area is 159 Å². The van der Waals surface area contributed by atoms with E-state index < -0.39 is 0 Å². The highest BCUT2D eigenvalue weighted by molar-refractivity contribution is 7.13. The summed E-state index contributed by atoms with van der Waals surface area (Å²) in [4.78, 5) is 26.3. The molecule has 0 fully saturated rings. The molecule has 0 saturated heterocycles. The van der Waals surface area contributed by atoms with Crippen LogP contribution in [-0.2, 0) is 0 Å². The Bertz CT molecular complexity index is 1080. The van der Waals surface area contributed by atoms with Crippen LogP contribution in [0.3, 0.4) is 0 Å². The zero-order valence-corrected chi connectivity index (χ0v) is 15.5. The molecule has 27 heavy (non-hydrogen) atoms. The van der Waals surface area contributed by atoms with E-state index in [0.29, 0.717) is 23.4 Å². The maximum atomic E-state index is 4.52. The molecule has 0 spiro atoms. The molecule has 0 amide bonds. The standard InChI is InChI=1S/C18H16N8S/c1-11-4-3-5-13(21-11)16-19-8-6-14(24-16)23-15-7-9-20-17(25-15)26-18-22-12(2)10-27-18/h3-10H,1-2H3,(H2,19,20,22,23,24,25,26). The van der Waals surface area contributed by atoms with E-state index in [9.17, 15) is 0 Å². The van der Waals surface area contributed by atoms with E-state index in [4.69, 9.17) is 0 Å². The number of hydrogen-bond acceptors (Lipinski definition) is 9. The van der Waals surface area contributed by atoms with Crippen molar-refractivity contribution in [3.63, 3.8) is 0 Å². The largest absolute Gasteiger partial charge is 0.325 e. The molecule has 0 unspecified atom stereocenters. The number of aromatic nitrogens is 6. The van der Waals surface area contributed by atoms with Gasteiger partial charge in [0.1, 0.15) is 17.3 Å². The summed E-state index contributed by atoms with van der Waals surface area (Å²) in [5, 5.41) is 8.98. The second-order valence-electron chi connectivity index (χ2n) is 5.74. The van der Waals surface area contributed by atoms with Gasteiger partial charge in [-0.3, -0.25) is 5.32 Å². The number of thiazole rings is 1. The first-order valence-corrected chi connectivity index (χ1v) is 9.10. The van der Waals surface area contributed by atoms with Crippen LogP contribution in [0.4, 0.5) is 22.7 Å². The van der Waals surface area contributed by atoms with E-state index in [1.165, 1.54) is 11.3 Å². The first-order valence-electron chi connectivity index (χ1n) is 8.22. The molecule has 0 aliphatic heterocycles. The molecule has 4 aromatic rings. The summed E-state index contributed by atoms with van der Waals surface area (Å²) in [5.74, 6) is 2.25. The summed E-state index contributed by atoms with van der Waals surface area (Å²) in [5.41, 5.74) is 2.59. The molecule has 0 bridgehead atoms. The van der Waals surface area contributed by atoms with Crippen LogP contribution in [0, 0.1) is 13.8 Å². The minimum absolute atomic E-state index is 0.462. The van der Waals surface area contributed by atoms with E-state index >= 15 is 0 Å². The first kappa shape index (κ1) is 17.0. The highest BCUT2D eigenvalue weighted by Gasteiger charge is 2.07. The molecule has 0 aliphatic rings. The minimum atomic E-state index is 0.462. The topological polar surface area (TPSA) is 101 Å². The number of aryl methyl sites for hydroxylation is 2. The van der Waals surface area contributed by atoms with Gasteiger partial charge in [0.05, 0.1) is 5.69 Å². The lowest BCUT2D eigenvalue weighted by Crippen LogP contribution is -2.02. The van der Waals surface area contributed by atoms with E-state index in [0.717, 1.165) is 22.2 Å². The number of rotatable bonds is 5. The fourth-order valence-electron chi connectivity index (χ4n) is 2.35. The molecular weight excluding hydrogens is 360 g/mol. The van der Waals surface area contributed by atoms with Crippen molar-refractivity contribution in [2.75, 3.05) is 10.6 Å². The van der Waals surface area contributed by atoms with E-state index in [1.807, 2.05) is 37.4 Å². The van der Waals surface area contributed by atoms with Crippen molar-refractivity contribution in [2.24, 2.45) is 0 Å². The maximum Gasteiger partial charge on any atom is 0.230 e. The van der Waals surface area contributed by atoms with Gasteiger partial charge in [0.25, 0.3) is 0 Å². The number of nitrogens with one attached hydrogen (secondary N) is 2. The van der Waals surface area contributed by atoms with Gasteiger partial charge in [-0.1, -0.05) is 6.07 Å². The Morgan fingerprint density at radius 1 is 0.778 bits per heavy atom. The van der Waals surface area contributed by atoms with Gasteiger partial charge < -0.3 is 5.32 Å². The normalized spacial score (nSPS) is 10.6. The smallest absolute Gasteiger partial charge is 0.230 e. The van der Waals surface area contributed by atoms with Crippen LogP contribution < -0.4 is 10.6 Å². The lowest BCUT2D eigenvalue weighted by atomic mass is 10.3. The van der Waals surface area contributed by atoms with Crippen molar-refractivity contribution in [1.29, 1.82) is 0 Å². The molecule has 4 rings (SSSR count). The van der Waals surface area contributed by atoms with Crippen molar-refractivity contribution < 1.29 is 0 Å². The molecule has 4 heterocycles. The third kappa shape index (κ3) is 4.21. The van der Waals surface area contributed by atoms with Gasteiger partial charge in [-0.25, -0.2) is 24.9 Å². The van der Waals surface area contributed by atoms with Gasteiger partial charge in [-0.2, -0.15) is 4.98 Å². The molecular formula is C18H16N8S. The van der Waals surface area contributed by atoms with Crippen molar-refractivity contribution in [3.05, 3.63) is 59.5 Å². The van der Waals surface area contributed by atoms with Gasteiger partial charge >= 0.3 is 0 Å². The average Bonchev–Trinajstić information content (AvgIpc) is 3.07. The highest BCUT2D eigenvalue weighted by atomic mass is 32.1. The fraction of sp³-hybridized carbons (Fsp3) is 0.111. The summed E-state index contributed by atoms with van der Waals surface area (Å²) >= 11 is 1.50. The van der Waals surface area contributed by atoms with Crippen molar-refractivity contribution in [3.8, 4) is 11.5 Å². The summed E-state index contributed by atoms with van der Waals surface area (Å²) in [6.07, 6.45) is 3.36. The number of nitrogens with zero attached hydrogens (tertiary/aromatic N) is 6. The molecule has 0 aromatic carbocycles. The van der Waals surface area contributed by atoms with E-state index in [-0.39, 0.29) is 0 Å². The zero-order chi connectivity index (χ0) is 18.6. The van der Waals surface area contributed by atoms with Gasteiger partial charge in [0.2, 0.25) is 5.95 Å². The second kappa shape index (κ2) is 7.42. The summed E-state index contributed by atoms with van der Waals surface area (Å²) in [6.45, 7) is 3.88. The molecule has 0 aliphatic carbocycles. The van der Waals surface area contributed by atoms with Gasteiger partial charge in [0, 0.05) is 23.5 Å². The summed E-state index contributed by atoms with van der Waals surface area (Å²) in [7, 11) is 0. The van der Waals surface area contributed by atoms with Crippen LogP contribution in [0.25, 0.3) is 11.5 Å². The SMILES string of the molecule is Cc1cccc(-c2nccc(Nc3ccnc(Nc4nc(C)cs4)n3)n2)n1. The average molecular weight is 376 g/mol. The Morgan fingerprint density at radius 3 is 2.37 bits per heavy atom. The first-order chi connectivity index (χ1) is 13.2. The monoisotopic (exact) mass is 376 g/mol. The van der Waals surface area contributed by atoms with Gasteiger partial charge in [-0.05, 0) is 38.1 Å². The van der Waals surface area contributed by atoms with Crippen molar-refractivity contribution >= 4 is 34.1 Å². The zero-order valence-electron chi connectivity index (χ0n) is 14.7. The molecule has 8 nitrogen and oxygen atoms in total. The van der Waals surface area contributed by atoms with Crippen LogP contribution in [0.1, 0.15) is 11.4 Å². The molecule has 0 radical (unpaired) electrons. The maximum absolute atomic E-state index is 4.52. The van der Waals surface area contributed by atoms with Crippen LogP contribution in [0.2, 0.25) is 0 Å². The third-order valence-corrected chi connectivity index (χ3v) is 4.40. The minimum Gasteiger partial charge on any atom is -0.325 e. The lowest BCUT2D eigenvalue weighted by molar-refractivity contribution is 1.10. The van der Waals surface area contributed by atoms with E-state index in [2.05, 4.69) is 40.5 Å². The Balaban J connectivity index is 1.54.